The SMILES string of the molecule is CCOc1nc(F)nc2c1CSC2. The summed E-state index contributed by atoms with van der Waals surface area (Å²) in [6.07, 6.45) is -0.690. The molecule has 1 aliphatic rings. The van der Waals surface area contributed by atoms with Gasteiger partial charge in [-0.05, 0) is 6.92 Å². The summed E-state index contributed by atoms with van der Waals surface area (Å²) in [6.45, 7) is 2.36. The second kappa shape index (κ2) is 3.49. The highest BCUT2D eigenvalue weighted by Crippen LogP contribution is 2.33. The second-order valence-electron chi connectivity index (χ2n) is 2.65. The maximum absolute atomic E-state index is 12.8. The molecule has 0 bridgehead atoms. The summed E-state index contributed by atoms with van der Waals surface area (Å²) < 4.78 is 18.1. The summed E-state index contributed by atoms with van der Waals surface area (Å²) in [5, 5.41) is 0. The summed E-state index contributed by atoms with van der Waals surface area (Å²) in [6, 6.07) is 0. The number of fused-ring (bicyclic) bond motifs is 1. The molecular formula is C8H9FN2OS. The molecule has 5 heteroatoms. The van der Waals surface area contributed by atoms with E-state index in [9.17, 15) is 4.39 Å². The molecule has 2 heterocycles. The number of rotatable bonds is 2. The Morgan fingerprint density at radius 3 is 3.08 bits per heavy atom. The van der Waals surface area contributed by atoms with Crippen molar-refractivity contribution >= 4 is 11.8 Å². The maximum atomic E-state index is 12.8. The van der Waals surface area contributed by atoms with Gasteiger partial charge in [-0.25, -0.2) is 4.98 Å². The van der Waals surface area contributed by atoms with Crippen LogP contribution in [0.2, 0.25) is 0 Å². The van der Waals surface area contributed by atoms with Gasteiger partial charge < -0.3 is 4.74 Å². The predicted octanol–water partition coefficient (Wildman–Crippen LogP) is 1.76. The van der Waals surface area contributed by atoms with Gasteiger partial charge in [0, 0.05) is 17.1 Å². The average Bonchev–Trinajstić information content (AvgIpc) is 2.52. The quantitative estimate of drug-likeness (QED) is 0.681. The molecule has 0 spiro atoms. The van der Waals surface area contributed by atoms with E-state index >= 15 is 0 Å². The van der Waals surface area contributed by atoms with Gasteiger partial charge in [0.15, 0.2) is 0 Å². The van der Waals surface area contributed by atoms with Gasteiger partial charge in [-0.15, -0.1) is 0 Å². The Kier molecular flexibility index (Phi) is 2.35. The molecule has 0 radical (unpaired) electrons. The van der Waals surface area contributed by atoms with Gasteiger partial charge in [0.05, 0.1) is 12.3 Å². The molecule has 13 heavy (non-hydrogen) atoms. The van der Waals surface area contributed by atoms with Crippen molar-refractivity contribution in [1.82, 2.24) is 9.97 Å². The molecule has 0 aromatic carbocycles. The van der Waals surface area contributed by atoms with Crippen molar-refractivity contribution in [3.63, 3.8) is 0 Å². The lowest BCUT2D eigenvalue weighted by molar-refractivity contribution is 0.314. The Labute approximate surface area is 79.7 Å². The van der Waals surface area contributed by atoms with E-state index in [0.29, 0.717) is 12.5 Å². The monoisotopic (exact) mass is 200 g/mol. The van der Waals surface area contributed by atoms with Crippen LogP contribution in [0.1, 0.15) is 18.2 Å². The first-order chi connectivity index (χ1) is 6.31. The van der Waals surface area contributed by atoms with E-state index in [1.807, 2.05) is 6.92 Å². The number of hydrogen-bond donors (Lipinski definition) is 0. The van der Waals surface area contributed by atoms with Crippen LogP contribution in [0.15, 0.2) is 0 Å². The topological polar surface area (TPSA) is 35.0 Å². The van der Waals surface area contributed by atoms with Crippen LogP contribution in [0.25, 0.3) is 0 Å². The van der Waals surface area contributed by atoms with Crippen molar-refractivity contribution in [2.75, 3.05) is 6.61 Å². The van der Waals surface area contributed by atoms with Gasteiger partial charge in [-0.1, -0.05) is 0 Å². The lowest BCUT2D eigenvalue weighted by Crippen LogP contribution is -2.03. The molecule has 0 fully saturated rings. The van der Waals surface area contributed by atoms with Gasteiger partial charge in [-0.2, -0.15) is 21.1 Å². The van der Waals surface area contributed by atoms with E-state index < -0.39 is 6.08 Å². The standard InChI is InChI=1S/C8H9FN2OS/c1-2-12-7-5-3-13-4-6(5)10-8(9)11-7/h2-4H2,1H3. The zero-order chi connectivity index (χ0) is 9.26. The van der Waals surface area contributed by atoms with Crippen LogP contribution < -0.4 is 4.74 Å². The predicted molar refractivity (Wildman–Crippen MR) is 48.2 cm³/mol. The number of halogens is 1. The van der Waals surface area contributed by atoms with Crippen molar-refractivity contribution in [2.24, 2.45) is 0 Å². The summed E-state index contributed by atoms with van der Waals surface area (Å²) >= 11 is 1.70. The van der Waals surface area contributed by atoms with Gasteiger partial charge in [-0.3, -0.25) is 0 Å². The lowest BCUT2D eigenvalue weighted by Gasteiger charge is -2.05. The van der Waals surface area contributed by atoms with E-state index in [4.69, 9.17) is 4.74 Å². The van der Waals surface area contributed by atoms with Crippen LogP contribution in [0.5, 0.6) is 5.88 Å². The molecule has 0 atom stereocenters. The number of thioether (sulfide) groups is 1. The zero-order valence-electron chi connectivity index (χ0n) is 7.21. The molecular weight excluding hydrogens is 191 g/mol. The third-order valence-corrected chi connectivity index (χ3v) is 2.76. The van der Waals surface area contributed by atoms with E-state index in [1.165, 1.54) is 0 Å². The zero-order valence-corrected chi connectivity index (χ0v) is 8.03. The molecule has 1 aliphatic heterocycles. The van der Waals surface area contributed by atoms with Crippen LogP contribution in [-0.4, -0.2) is 16.6 Å². The molecule has 2 rings (SSSR count). The van der Waals surface area contributed by atoms with Crippen molar-refractivity contribution in [1.29, 1.82) is 0 Å². The van der Waals surface area contributed by atoms with Crippen molar-refractivity contribution in [3.05, 3.63) is 17.3 Å². The van der Waals surface area contributed by atoms with Crippen molar-refractivity contribution in [2.45, 2.75) is 18.4 Å². The fourth-order valence-electron chi connectivity index (χ4n) is 1.25. The third kappa shape index (κ3) is 1.60. The summed E-state index contributed by atoms with van der Waals surface area (Å²) in [4.78, 5) is 7.34. The Balaban J connectivity index is 2.43. The number of nitrogens with zero attached hydrogens (tertiary/aromatic N) is 2. The third-order valence-electron chi connectivity index (χ3n) is 1.79. The maximum Gasteiger partial charge on any atom is 0.312 e. The highest BCUT2D eigenvalue weighted by Gasteiger charge is 2.20. The highest BCUT2D eigenvalue weighted by molar-refractivity contribution is 7.98. The van der Waals surface area contributed by atoms with E-state index in [2.05, 4.69) is 9.97 Å². The Hall–Kier alpha value is -0.840. The Morgan fingerprint density at radius 2 is 2.31 bits per heavy atom. The molecule has 1 aromatic rings. The first kappa shape index (κ1) is 8.74. The smallest absolute Gasteiger partial charge is 0.312 e. The van der Waals surface area contributed by atoms with Gasteiger partial charge in [0.25, 0.3) is 0 Å². The van der Waals surface area contributed by atoms with E-state index in [-0.39, 0.29) is 0 Å². The summed E-state index contributed by atoms with van der Waals surface area (Å²) in [7, 11) is 0. The van der Waals surface area contributed by atoms with Gasteiger partial charge in [0.1, 0.15) is 0 Å². The number of hydrogen-bond acceptors (Lipinski definition) is 4. The summed E-state index contributed by atoms with van der Waals surface area (Å²) in [5.41, 5.74) is 1.73. The van der Waals surface area contributed by atoms with E-state index in [1.54, 1.807) is 11.8 Å². The minimum Gasteiger partial charge on any atom is -0.478 e. The van der Waals surface area contributed by atoms with Crippen molar-refractivity contribution in [3.8, 4) is 5.88 Å². The second-order valence-corrected chi connectivity index (χ2v) is 3.63. The van der Waals surface area contributed by atoms with Crippen LogP contribution in [-0.2, 0) is 11.5 Å². The van der Waals surface area contributed by atoms with Crippen LogP contribution >= 0.6 is 11.8 Å². The normalized spacial score (nSPS) is 14.3. The highest BCUT2D eigenvalue weighted by atomic mass is 32.2. The molecule has 0 amide bonds. The van der Waals surface area contributed by atoms with Crippen LogP contribution in [0.3, 0.4) is 0 Å². The first-order valence-electron chi connectivity index (χ1n) is 4.07. The van der Waals surface area contributed by atoms with Crippen molar-refractivity contribution < 1.29 is 9.13 Å². The van der Waals surface area contributed by atoms with Gasteiger partial charge >= 0.3 is 6.08 Å². The molecule has 0 unspecified atom stereocenters. The molecule has 0 aliphatic carbocycles. The number of ether oxygens (including phenoxy) is 1. The van der Waals surface area contributed by atoms with E-state index in [0.717, 1.165) is 22.8 Å². The van der Waals surface area contributed by atoms with Crippen LogP contribution in [0, 0.1) is 6.08 Å². The molecule has 1 aromatic heterocycles. The minimum absolute atomic E-state index is 0.412. The first-order valence-corrected chi connectivity index (χ1v) is 5.22. The van der Waals surface area contributed by atoms with Crippen LogP contribution in [0.4, 0.5) is 4.39 Å². The average molecular weight is 200 g/mol. The molecule has 0 saturated heterocycles. The lowest BCUT2D eigenvalue weighted by atomic mass is 10.3. The van der Waals surface area contributed by atoms with Gasteiger partial charge in [0.2, 0.25) is 5.88 Å². The number of aromatic nitrogens is 2. The Morgan fingerprint density at radius 1 is 1.46 bits per heavy atom. The molecule has 3 nitrogen and oxygen atoms in total. The molecule has 0 saturated carbocycles. The molecule has 70 valence electrons. The Bertz CT molecular complexity index is 332. The summed E-state index contributed by atoms with van der Waals surface area (Å²) in [5.74, 6) is 2.00. The minimum atomic E-state index is -0.690. The fraction of sp³-hybridized carbons (Fsp3) is 0.500. The largest absolute Gasteiger partial charge is 0.478 e. The molecule has 0 N–H and O–H groups in total. The fourth-order valence-corrected chi connectivity index (χ4v) is 2.28.